The van der Waals surface area contributed by atoms with Crippen molar-refractivity contribution in [2.75, 3.05) is 13.1 Å². The first-order chi connectivity index (χ1) is 5.74. The van der Waals surface area contributed by atoms with Crippen LogP contribution in [0.1, 0.15) is 17.9 Å². The number of aliphatic hydroxyl groups excluding tert-OH is 1. The fourth-order valence-electron chi connectivity index (χ4n) is 0.889. The molecule has 1 rings (SSSR count). The zero-order chi connectivity index (χ0) is 8.97. The second kappa shape index (κ2) is 4.82. The Bertz CT molecular complexity index is 239. The maximum atomic E-state index is 9.55. The topological polar surface area (TPSA) is 32.3 Å². The van der Waals surface area contributed by atoms with Gasteiger partial charge in [-0.3, -0.25) is 0 Å². The minimum atomic E-state index is -0.428. The van der Waals surface area contributed by atoms with Crippen molar-refractivity contribution in [3.8, 4) is 0 Å². The minimum Gasteiger partial charge on any atom is -0.386 e. The first-order valence-corrected chi connectivity index (χ1v) is 5.07. The molecule has 0 saturated carbocycles. The second-order valence-electron chi connectivity index (χ2n) is 2.47. The summed E-state index contributed by atoms with van der Waals surface area (Å²) in [6.45, 7) is 3.47. The van der Waals surface area contributed by atoms with Crippen LogP contribution in [0.2, 0.25) is 4.34 Å². The van der Waals surface area contributed by atoms with E-state index in [1.54, 1.807) is 6.07 Å². The highest BCUT2D eigenvalue weighted by molar-refractivity contribution is 7.16. The van der Waals surface area contributed by atoms with Gasteiger partial charge in [-0.25, -0.2) is 0 Å². The van der Waals surface area contributed by atoms with Crippen LogP contribution in [0.25, 0.3) is 0 Å². The molecule has 0 spiro atoms. The van der Waals surface area contributed by atoms with Crippen LogP contribution in [-0.4, -0.2) is 18.2 Å². The predicted molar refractivity (Wildman–Crippen MR) is 52.8 cm³/mol. The molecule has 2 nitrogen and oxygen atoms in total. The van der Waals surface area contributed by atoms with Gasteiger partial charge in [-0.2, -0.15) is 0 Å². The normalized spacial score (nSPS) is 13.2. The van der Waals surface area contributed by atoms with Gasteiger partial charge < -0.3 is 10.4 Å². The van der Waals surface area contributed by atoms with Gasteiger partial charge >= 0.3 is 0 Å². The van der Waals surface area contributed by atoms with Gasteiger partial charge in [0.1, 0.15) is 6.10 Å². The van der Waals surface area contributed by atoms with Crippen molar-refractivity contribution in [3.63, 3.8) is 0 Å². The van der Waals surface area contributed by atoms with E-state index in [1.807, 2.05) is 13.0 Å². The number of hydrogen-bond acceptors (Lipinski definition) is 3. The van der Waals surface area contributed by atoms with Crippen LogP contribution in [0.4, 0.5) is 0 Å². The summed E-state index contributed by atoms with van der Waals surface area (Å²) in [5.41, 5.74) is 0. The summed E-state index contributed by atoms with van der Waals surface area (Å²) in [4.78, 5) is 0.918. The molecule has 68 valence electrons. The minimum absolute atomic E-state index is 0.428. The predicted octanol–water partition coefficient (Wildman–Crippen LogP) is 2.04. The highest BCUT2D eigenvalue weighted by Gasteiger charge is 2.08. The van der Waals surface area contributed by atoms with Crippen molar-refractivity contribution in [2.45, 2.75) is 13.0 Å². The molecular formula is C8H12ClNOS. The van der Waals surface area contributed by atoms with Gasteiger partial charge in [-0.1, -0.05) is 18.5 Å². The summed E-state index contributed by atoms with van der Waals surface area (Å²) in [5.74, 6) is 0. The highest BCUT2D eigenvalue weighted by atomic mass is 35.5. The average molecular weight is 206 g/mol. The Balaban J connectivity index is 2.47. The molecule has 0 amide bonds. The molecule has 12 heavy (non-hydrogen) atoms. The lowest BCUT2D eigenvalue weighted by atomic mass is 10.3. The number of nitrogens with one attached hydrogen (secondary N) is 1. The van der Waals surface area contributed by atoms with E-state index in [-0.39, 0.29) is 0 Å². The molecule has 1 aromatic heterocycles. The summed E-state index contributed by atoms with van der Waals surface area (Å²) >= 11 is 7.15. The zero-order valence-electron chi connectivity index (χ0n) is 6.88. The molecule has 0 bridgehead atoms. The molecule has 0 aliphatic carbocycles. The van der Waals surface area contributed by atoms with E-state index >= 15 is 0 Å². The summed E-state index contributed by atoms with van der Waals surface area (Å²) in [5, 5.41) is 12.6. The van der Waals surface area contributed by atoms with E-state index in [9.17, 15) is 5.11 Å². The molecule has 0 fully saturated rings. The van der Waals surface area contributed by atoms with Crippen LogP contribution in [-0.2, 0) is 0 Å². The van der Waals surface area contributed by atoms with Gasteiger partial charge in [0.2, 0.25) is 0 Å². The Morgan fingerprint density at radius 2 is 2.42 bits per heavy atom. The van der Waals surface area contributed by atoms with Gasteiger partial charge in [0.15, 0.2) is 0 Å². The summed E-state index contributed by atoms with van der Waals surface area (Å²) in [6.07, 6.45) is -0.428. The number of rotatable bonds is 4. The smallest absolute Gasteiger partial charge is 0.101 e. The van der Waals surface area contributed by atoms with Crippen molar-refractivity contribution in [1.82, 2.24) is 5.32 Å². The van der Waals surface area contributed by atoms with Crippen molar-refractivity contribution in [3.05, 3.63) is 21.3 Å². The van der Waals surface area contributed by atoms with E-state index in [0.717, 1.165) is 15.8 Å². The average Bonchev–Trinajstić information content (AvgIpc) is 2.47. The summed E-state index contributed by atoms with van der Waals surface area (Å²) in [6, 6.07) is 3.66. The van der Waals surface area contributed by atoms with Crippen molar-refractivity contribution in [2.24, 2.45) is 0 Å². The van der Waals surface area contributed by atoms with Gasteiger partial charge in [0.05, 0.1) is 4.34 Å². The molecule has 2 N–H and O–H groups in total. The molecule has 1 atom stereocenters. The SMILES string of the molecule is CCNCC(O)c1ccc(Cl)s1. The molecule has 0 aliphatic heterocycles. The quantitative estimate of drug-likeness (QED) is 0.789. The monoisotopic (exact) mass is 205 g/mol. The lowest BCUT2D eigenvalue weighted by molar-refractivity contribution is 0.179. The number of halogens is 1. The lowest BCUT2D eigenvalue weighted by Gasteiger charge is -2.07. The van der Waals surface area contributed by atoms with Crippen LogP contribution in [0, 0.1) is 0 Å². The molecule has 1 aromatic rings. The zero-order valence-corrected chi connectivity index (χ0v) is 8.45. The lowest BCUT2D eigenvalue weighted by Crippen LogP contribution is -2.20. The molecule has 4 heteroatoms. The maximum Gasteiger partial charge on any atom is 0.101 e. The highest BCUT2D eigenvalue weighted by Crippen LogP contribution is 2.26. The van der Waals surface area contributed by atoms with Crippen LogP contribution in [0.5, 0.6) is 0 Å². The number of aliphatic hydroxyl groups is 1. The van der Waals surface area contributed by atoms with E-state index in [1.165, 1.54) is 11.3 Å². The van der Waals surface area contributed by atoms with E-state index in [4.69, 9.17) is 11.6 Å². The summed E-state index contributed by atoms with van der Waals surface area (Å²) in [7, 11) is 0. The molecular weight excluding hydrogens is 194 g/mol. The largest absolute Gasteiger partial charge is 0.386 e. The van der Waals surface area contributed by atoms with Gasteiger partial charge in [-0.15, -0.1) is 11.3 Å². The summed E-state index contributed by atoms with van der Waals surface area (Å²) < 4.78 is 0.723. The van der Waals surface area contributed by atoms with Crippen molar-refractivity contribution >= 4 is 22.9 Å². The molecule has 0 aliphatic rings. The fourth-order valence-corrected chi connectivity index (χ4v) is 1.94. The Kier molecular flexibility index (Phi) is 4.01. The van der Waals surface area contributed by atoms with Crippen molar-refractivity contribution in [1.29, 1.82) is 0 Å². The molecule has 1 heterocycles. The maximum absolute atomic E-state index is 9.55. The molecule has 1 unspecified atom stereocenters. The molecule has 0 radical (unpaired) electrons. The van der Waals surface area contributed by atoms with Crippen LogP contribution < -0.4 is 5.32 Å². The van der Waals surface area contributed by atoms with E-state index in [2.05, 4.69) is 5.32 Å². The van der Waals surface area contributed by atoms with Gasteiger partial charge in [0.25, 0.3) is 0 Å². The number of hydrogen-bond donors (Lipinski definition) is 2. The van der Waals surface area contributed by atoms with Gasteiger partial charge in [0, 0.05) is 11.4 Å². The van der Waals surface area contributed by atoms with Crippen LogP contribution in [0.3, 0.4) is 0 Å². The third-order valence-electron chi connectivity index (χ3n) is 1.51. The van der Waals surface area contributed by atoms with Gasteiger partial charge in [-0.05, 0) is 18.7 Å². The standard InChI is InChI=1S/C8H12ClNOS/c1-2-10-5-6(11)7-3-4-8(9)12-7/h3-4,6,10-11H,2,5H2,1H3. The first kappa shape index (κ1) is 9.99. The van der Waals surface area contributed by atoms with Crippen molar-refractivity contribution < 1.29 is 5.11 Å². The Hall–Kier alpha value is -0.0900. The van der Waals surface area contributed by atoms with E-state index in [0.29, 0.717) is 6.54 Å². The Morgan fingerprint density at radius 3 is 2.92 bits per heavy atom. The fraction of sp³-hybridized carbons (Fsp3) is 0.500. The van der Waals surface area contributed by atoms with E-state index < -0.39 is 6.10 Å². The Labute approximate surface area is 81.2 Å². The third kappa shape index (κ3) is 2.75. The molecule has 0 saturated heterocycles. The third-order valence-corrected chi connectivity index (χ3v) is 2.84. The van der Waals surface area contributed by atoms with Crippen LogP contribution >= 0.6 is 22.9 Å². The number of thiophene rings is 1. The first-order valence-electron chi connectivity index (χ1n) is 3.88. The van der Waals surface area contributed by atoms with Crippen LogP contribution in [0.15, 0.2) is 12.1 Å². The number of likely N-dealkylation sites (N-methyl/N-ethyl adjacent to an activating group) is 1. The Morgan fingerprint density at radius 1 is 1.67 bits per heavy atom. The second-order valence-corrected chi connectivity index (χ2v) is 4.21. The molecule has 0 aromatic carbocycles.